The van der Waals surface area contributed by atoms with Crippen molar-refractivity contribution in [1.82, 2.24) is 15.3 Å². The topological polar surface area (TPSA) is 37.8 Å². The van der Waals surface area contributed by atoms with Crippen LogP contribution >= 0.6 is 0 Å². The molecule has 0 saturated heterocycles. The van der Waals surface area contributed by atoms with Crippen molar-refractivity contribution >= 4 is 0 Å². The van der Waals surface area contributed by atoms with Crippen molar-refractivity contribution < 1.29 is 0 Å². The Bertz CT molecular complexity index is 307. The van der Waals surface area contributed by atoms with E-state index in [0.29, 0.717) is 5.92 Å². The second kappa shape index (κ2) is 4.71. The summed E-state index contributed by atoms with van der Waals surface area (Å²) in [6.45, 7) is 3.16. The Morgan fingerprint density at radius 3 is 2.60 bits per heavy atom. The maximum atomic E-state index is 4.46. The lowest BCUT2D eigenvalue weighted by Crippen LogP contribution is -2.08. The van der Waals surface area contributed by atoms with E-state index >= 15 is 0 Å². The van der Waals surface area contributed by atoms with Gasteiger partial charge in [0.1, 0.15) is 5.82 Å². The molecule has 0 bridgehead atoms. The summed E-state index contributed by atoms with van der Waals surface area (Å²) >= 11 is 0. The minimum Gasteiger partial charge on any atom is -0.316 e. The van der Waals surface area contributed by atoms with Crippen LogP contribution < -0.4 is 5.32 Å². The molecule has 1 aromatic heterocycles. The molecule has 1 heterocycles. The van der Waals surface area contributed by atoms with Gasteiger partial charge in [0.2, 0.25) is 0 Å². The van der Waals surface area contributed by atoms with Gasteiger partial charge in [-0.15, -0.1) is 0 Å². The van der Waals surface area contributed by atoms with E-state index in [1.165, 1.54) is 19.3 Å². The molecule has 0 amide bonds. The van der Waals surface area contributed by atoms with Crippen LogP contribution in [0.1, 0.15) is 43.5 Å². The number of hydrogen-bond donors (Lipinski definition) is 1. The summed E-state index contributed by atoms with van der Waals surface area (Å²) in [5.41, 5.74) is 1.16. The maximum Gasteiger partial charge on any atom is 0.131 e. The van der Waals surface area contributed by atoms with Gasteiger partial charge in [0.05, 0.1) is 0 Å². The molecule has 1 saturated carbocycles. The molecule has 0 aromatic carbocycles. The highest BCUT2D eigenvalue weighted by Gasteiger charge is 2.24. The molecule has 1 aliphatic rings. The first kappa shape index (κ1) is 10.6. The summed E-state index contributed by atoms with van der Waals surface area (Å²) in [7, 11) is 1.94. The van der Waals surface area contributed by atoms with Gasteiger partial charge < -0.3 is 5.32 Å². The summed E-state index contributed by atoms with van der Waals surface area (Å²) in [5, 5.41) is 3.10. The molecular formula is C12H19N3. The van der Waals surface area contributed by atoms with E-state index in [1.807, 2.05) is 19.4 Å². The van der Waals surface area contributed by atoms with Crippen LogP contribution in [-0.4, -0.2) is 17.0 Å². The van der Waals surface area contributed by atoms with E-state index in [2.05, 4.69) is 22.2 Å². The van der Waals surface area contributed by atoms with Crippen molar-refractivity contribution in [2.75, 3.05) is 7.05 Å². The standard InChI is InChI=1S/C12H19N3/c1-9-3-4-11(5-9)12-14-7-10(6-13-2)8-15-12/h7-9,11,13H,3-6H2,1-2H3. The molecule has 0 radical (unpaired) electrons. The van der Waals surface area contributed by atoms with Crippen molar-refractivity contribution in [3.8, 4) is 0 Å². The van der Waals surface area contributed by atoms with Gasteiger partial charge in [-0.2, -0.15) is 0 Å². The zero-order chi connectivity index (χ0) is 10.7. The summed E-state index contributed by atoms with van der Waals surface area (Å²) in [5.74, 6) is 2.48. The van der Waals surface area contributed by atoms with Gasteiger partial charge in [-0.1, -0.05) is 6.92 Å². The summed E-state index contributed by atoms with van der Waals surface area (Å²) in [6.07, 6.45) is 7.73. The molecule has 15 heavy (non-hydrogen) atoms. The Hall–Kier alpha value is -0.960. The van der Waals surface area contributed by atoms with E-state index in [0.717, 1.165) is 23.9 Å². The van der Waals surface area contributed by atoms with Crippen LogP contribution in [0, 0.1) is 5.92 Å². The second-order valence-corrected chi connectivity index (χ2v) is 4.59. The van der Waals surface area contributed by atoms with Crippen LogP contribution in [-0.2, 0) is 6.54 Å². The highest BCUT2D eigenvalue weighted by atomic mass is 14.9. The zero-order valence-corrected chi connectivity index (χ0v) is 9.53. The smallest absolute Gasteiger partial charge is 0.131 e. The third kappa shape index (κ3) is 2.53. The monoisotopic (exact) mass is 205 g/mol. The number of nitrogens with zero attached hydrogens (tertiary/aromatic N) is 2. The molecule has 0 aliphatic heterocycles. The third-order valence-corrected chi connectivity index (χ3v) is 3.17. The van der Waals surface area contributed by atoms with Gasteiger partial charge in [-0.05, 0) is 32.2 Å². The van der Waals surface area contributed by atoms with Gasteiger partial charge in [0, 0.05) is 30.4 Å². The molecule has 0 spiro atoms. The Kier molecular flexibility index (Phi) is 3.31. The number of rotatable bonds is 3. The SMILES string of the molecule is CNCc1cnc(C2CCC(C)C2)nc1. The Morgan fingerprint density at radius 2 is 2.07 bits per heavy atom. The van der Waals surface area contributed by atoms with Crippen molar-refractivity contribution in [3.63, 3.8) is 0 Å². The minimum atomic E-state index is 0.601. The average Bonchev–Trinajstić information content (AvgIpc) is 2.67. The largest absolute Gasteiger partial charge is 0.316 e. The fourth-order valence-corrected chi connectivity index (χ4v) is 2.31. The maximum absolute atomic E-state index is 4.46. The second-order valence-electron chi connectivity index (χ2n) is 4.59. The van der Waals surface area contributed by atoms with E-state index in [1.54, 1.807) is 0 Å². The first-order valence-corrected chi connectivity index (χ1v) is 5.75. The third-order valence-electron chi connectivity index (χ3n) is 3.17. The van der Waals surface area contributed by atoms with Crippen molar-refractivity contribution in [2.24, 2.45) is 5.92 Å². The fraction of sp³-hybridized carbons (Fsp3) is 0.667. The molecule has 3 nitrogen and oxygen atoms in total. The lowest BCUT2D eigenvalue weighted by molar-refractivity contribution is 0.584. The van der Waals surface area contributed by atoms with Crippen LogP contribution in [0.15, 0.2) is 12.4 Å². The normalized spacial score (nSPS) is 25.7. The van der Waals surface area contributed by atoms with Crippen molar-refractivity contribution in [1.29, 1.82) is 0 Å². The summed E-state index contributed by atoms with van der Waals surface area (Å²) < 4.78 is 0. The predicted molar refractivity (Wildman–Crippen MR) is 60.6 cm³/mol. The van der Waals surface area contributed by atoms with Crippen LogP contribution in [0.5, 0.6) is 0 Å². The molecular weight excluding hydrogens is 186 g/mol. The fourth-order valence-electron chi connectivity index (χ4n) is 2.31. The minimum absolute atomic E-state index is 0.601. The van der Waals surface area contributed by atoms with E-state index in [9.17, 15) is 0 Å². The predicted octanol–water partition coefficient (Wildman–Crippen LogP) is 2.10. The van der Waals surface area contributed by atoms with Crippen LogP contribution in [0.3, 0.4) is 0 Å². The van der Waals surface area contributed by atoms with Crippen LogP contribution in [0.4, 0.5) is 0 Å². The molecule has 82 valence electrons. The quantitative estimate of drug-likeness (QED) is 0.821. The van der Waals surface area contributed by atoms with E-state index in [-0.39, 0.29) is 0 Å². The van der Waals surface area contributed by atoms with Crippen molar-refractivity contribution in [3.05, 3.63) is 23.8 Å². The lowest BCUT2D eigenvalue weighted by atomic mass is 10.1. The molecule has 2 rings (SSSR count). The Labute approximate surface area is 91.3 Å². The summed E-state index contributed by atoms with van der Waals surface area (Å²) in [4.78, 5) is 8.93. The lowest BCUT2D eigenvalue weighted by Gasteiger charge is -2.08. The molecule has 1 fully saturated rings. The average molecular weight is 205 g/mol. The summed E-state index contributed by atoms with van der Waals surface area (Å²) in [6, 6.07) is 0. The molecule has 2 atom stereocenters. The van der Waals surface area contributed by atoms with E-state index in [4.69, 9.17) is 0 Å². The zero-order valence-electron chi connectivity index (χ0n) is 9.53. The van der Waals surface area contributed by atoms with Crippen LogP contribution in [0.25, 0.3) is 0 Å². The van der Waals surface area contributed by atoms with Gasteiger partial charge in [0.25, 0.3) is 0 Å². The highest BCUT2D eigenvalue weighted by molar-refractivity contribution is 5.08. The van der Waals surface area contributed by atoms with Gasteiger partial charge in [-0.3, -0.25) is 0 Å². The Morgan fingerprint density at radius 1 is 1.33 bits per heavy atom. The van der Waals surface area contributed by atoms with Crippen LogP contribution in [0.2, 0.25) is 0 Å². The van der Waals surface area contributed by atoms with Gasteiger partial charge in [-0.25, -0.2) is 9.97 Å². The molecule has 1 N–H and O–H groups in total. The number of aromatic nitrogens is 2. The molecule has 2 unspecified atom stereocenters. The first-order valence-electron chi connectivity index (χ1n) is 5.75. The molecule has 1 aromatic rings. The highest BCUT2D eigenvalue weighted by Crippen LogP contribution is 2.35. The van der Waals surface area contributed by atoms with E-state index < -0.39 is 0 Å². The molecule has 3 heteroatoms. The number of hydrogen-bond acceptors (Lipinski definition) is 3. The van der Waals surface area contributed by atoms with Crippen molar-refractivity contribution in [2.45, 2.75) is 38.6 Å². The number of nitrogens with one attached hydrogen (secondary N) is 1. The van der Waals surface area contributed by atoms with Gasteiger partial charge in [0.15, 0.2) is 0 Å². The molecule has 1 aliphatic carbocycles. The first-order chi connectivity index (χ1) is 7.29. The Balaban J connectivity index is 2.03. The van der Waals surface area contributed by atoms with Gasteiger partial charge >= 0.3 is 0 Å².